The second-order valence-electron chi connectivity index (χ2n) is 15.6. The van der Waals surface area contributed by atoms with Crippen LogP contribution in [0.5, 0.6) is 0 Å². The Bertz CT molecular complexity index is 392. The van der Waals surface area contributed by atoms with Gasteiger partial charge in [-0.25, -0.2) is 0 Å². The molecule has 0 fully saturated rings. The predicted octanol–water partition coefficient (Wildman–Crippen LogP) is 19.5. The zero-order valence-electron chi connectivity index (χ0n) is 39.6. The van der Waals surface area contributed by atoms with Crippen molar-refractivity contribution < 1.29 is 16.5 Å². The Morgan fingerprint density at radius 3 is 0.302 bits per heavy atom. The van der Waals surface area contributed by atoms with Crippen LogP contribution in [0, 0.1) is 0 Å². The second-order valence-corrected chi connectivity index (χ2v) is 26.3. The first-order valence-electron chi connectivity index (χ1n) is 24.3. The Morgan fingerprint density at radius 2 is 0.245 bits per heavy atom. The third kappa shape index (κ3) is 58.6. The molecule has 0 aliphatic rings. The molecule has 0 nitrogen and oxygen atoms in total. The summed E-state index contributed by atoms with van der Waals surface area (Å²) in [7, 11) is 1.69. The van der Waals surface area contributed by atoms with E-state index in [1.165, 1.54) is 154 Å². The van der Waals surface area contributed by atoms with Crippen molar-refractivity contribution in [2.75, 3.05) is 73.9 Å². The van der Waals surface area contributed by atoms with Crippen LogP contribution in [0.2, 0.25) is 0 Å². The molecule has 0 saturated carbocycles. The van der Waals surface area contributed by atoms with Gasteiger partial charge in [-0.3, -0.25) is 0 Å². The van der Waals surface area contributed by atoms with E-state index in [1.807, 2.05) is 0 Å². The minimum atomic E-state index is 0. The van der Waals surface area contributed by atoms with Crippen molar-refractivity contribution in [2.45, 2.75) is 237 Å². The summed E-state index contributed by atoms with van der Waals surface area (Å²) in [4.78, 5) is 0. The summed E-state index contributed by atoms with van der Waals surface area (Å²) in [6, 6.07) is 0. The molecule has 0 radical (unpaired) electrons. The molecule has 0 amide bonds. The first-order chi connectivity index (χ1) is 25.4. The second kappa shape index (κ2) is 60.9. The van der Waals surface area contributed by atoms with Crippen molar-refractivity contribution in [3.63, 3.8) is 0 Å². The number of unbranched alkanes of at least 4 members (excludes halogenated alkanes) is 12. The minimum absolute atomic E-state index is 0. The first-order valence-corrected chi connectivity index (χ1v) is 31.9. The normalized spacial score (nSPS) is 10.9. The van der Waals surface area contributed by atoms with Crippen LogP contribution in [0.4, 0.5) is 0 Å². The van der Waals surface area contributed by atoms with Gasteiger partial charge in [0.25, 0.3) is 0 Å². The Balaban J connectivity index is -0.000000192. The standard InChI is InChI=1S/4C12H27P.Ni/c4*1-4-7-10-13(11-8-5-2)12-9-6-3;/h4*4-12H2,1-3H3;/q;;;;+2. The molecule has 0 saturated heterocycles. The average molecular weight is 868 g/mol. The molecule has 0 aromatic heterocycles. The molecule has 0 spiro atoms. The van der Waals surface area contributed by atoms with Gasteiger partial charge in [0.2, 0.25) is 0 Å². The van der Waals surface area contributed by atoms with Crippen LogP contribution < -0.4 is 0 Å². The van der Waals surface area contributed by atoms with Gasteiger partial charge in [-0.2, -0.15) is 0 Å². The van der Waals surface area contributed by atoms with Gasteiger partial charge in [0, 0.05) is 0 Å². The Hall–Kier alpha value is 2.21. The summed E-state index contributed by atoms with van der Waals surface area (Å²) in [5.74, 6) is 0. The molecule has 0 aromatic carbocycles. The van der Waals surface area contributed by atoms with Gasteiger partial charge in [-0.15, -0.1) is 31.7 Å². The van der Waals surface area contributed by atoms with Crippen LogP contribution in [-0.2, 0) is 16.5 Å². The van der Waals surface area contributed by atoms with E-state index in [0.717, 1.165) is 0 Å². The van der Waals surface area contributed by atoms with Crippen molar-refractivity contribution in [3.05, 3.63) is 0 Å². The van der Waals surface area contributed by atoms with E-state index in [9.17, 15) is 0 Å². The van der Waals surface area contributed by atoms with E-state index in [-0.39, 0.29) is 16.5 Å². The Labute approximate surface area is 357 Å². The Kier molecular flexibility index (Phi) is 73.9. The van der Waals surface area contributed by atoms with Crippen LogP contribution in [-0.4, -0.2) is 73.9 Å². The summed E-state index contributed by atoms with van der Waals surface area (Å²) in [5.41, 5.74) is 0. The summed E-state index contributed by atoms with van der Waals surface area (Å²) in [5, 5.41) is 0. The third-order valence-electron chi connectivity index (χ3n) is 9.93. The minimum Gasteiger partial charge on any atom is -0.107 e. The summed E-state index contributed by atoms with van der Waals surface area (Å²) >= 11 is 0. The molecule has 0 N–H and O–H groups in total. The zero-order chi connectivity index (χ0) is 39.8. The van der Waals surface area contributed by atoms with Crippen LogP contribution in [0.1, 0.15) is 237 Å². The molecule has 0 rings (SSSR count). The number of rotatable bonds is 36. The van der Waals surface area contributed by atoms with Crippen molar-refractivity contribution in [1.82, 2.24) is 0 Å². The van der Waals surface area contributed by atoms with E-state index >= 15 is 0 Å². The van der Waals surface area contributed by atoms with Gasteiger partial charge in [0.15, 0.2) is 0 Å². The SMILES string of the molecule is CCCCP(CCCC)CCCC.CCCCP(CCCC)CCCC.CCCCP(CCCC)CCCC.CCCCP(CCCC)CCCC.[Ni+2]. The molecule has 5 heteroatoms. The molecule has 0 unspecified atom stereocenters. The molecule has 0 heterocycles. The van der Waals surface area contributed by atoms with Crippen molar-refractivity contribution in [3.8, 4) is 0 Å². The van der Waals surface area contributed by atoms with E-state index in [1.54, 1.807) is 73.9 Å². The molecular weight excluding hydrogens is 759 g/mol. The van der Waals surface area contributed by atoms with E-state index in [2.05, 4.69) is 83.1 Å². The quantitative estimate of drug-likeness (QED) is 0.0435. The summed E-state index contributed by atoms with van der Waals surface area (Å²) in [6.45, 7) is 27.8. The average Bonchev–Trinajstić information content (AvgIpc) is 3.17. The Morgan fingerprint density at radius 1 is 0.170 bits per heavy atom. The molecular formula is C48H108NiP4+2. The first kappa shape index (κ1) is 64.4. The molecule has 0 bridgehead atoms. The van der Waals surface area contributed by atoms with Crippen molar-refractivity contribution in [1.29, 1.82) is 0 Å². The zero-order valence-corrected chi connectivity index (χ0v) is 44.1. The van der Waals surface area contributed by atoms with Crippen molar-refractivity contribution in [2.24, 2.45) is 0 Å². The molecule has 0 aromatic rings. The van der Waals surface area contributed by atoms with Gasteiger partial charge in [0.1, 0.15) is 0 Å². The summed E-state index contributed by atoms with van der Waals surface area (Å²) in [6.07, 6.45) is 52.9. The topological polar surface area (TPSA) is 0 Å². The number of hydrogen-bond acceptors (Lipinski definition) is 0. The smallest absolute Gasteiger partial charge is 0.107 e. The van der Waals surface area contributed by atoms with Crippen LogP contribution in [0.15, 0.2) is 0 Å². The fraction of sp³-hybridized carbons (Fsp3) is 1.00. The number of hydrogen-bond donors (Lipinski definition) is 0. The largest absolute Gasteiger partial charge is 2.00 e. The molecule has 0 aliphatic heterocycles. The van der Waals surface area contributed by atoms with Gasteiger partial charge in [-0.05, 0) is 151 Å². The van der Waals surface area contributed by atoms with Gasteiger partial charge < -0.3 is 0 Å². The van der Waals surface area contributed by atoms with E-state index < -0.39 is 0 Å². The van der Waals surface area contributed by atoms with E-state index in [0.29, 0.717) is 31.7 Å². The predicted molar refractivity (Wildman–Crippen MR) is 265 cm³/mol. The van der Waals surface area contributed by atoms with E-state index in [4.69, 9.17) is 0 Å². The monoisotopic (exact) mass is 867 g/mol. The maximum atomic E-state index is 2.31. The van der Waals surface area contributed by atoms with Crippen molar-refractivity contribution >= 4 is 31.7 Å². The van der Waals surface area contributed by atoms with Gasteiger partial charge >= 0.3 is 16.5 Å². The molecule has 53 heavy (non-hydrogen) atoms. The molecule has 0 atom stereocenters. The van der Waals surface area contributed by atoms with Crippen LogP contribution >= 0.6 is 31.7 Å². The van der Waals surface area contributed by atoms with Gasteiger partial charge in [0.05, 0.1) is 0 Å². The fourth-order valence-electron chi connectivity index (χ4n) is 5.92. The fourth-order valence-corrected chi connectivity index (χ4v) is 17.8. The van der Waals surface area contributed by atoms with Crippen LogP contribution in [0.3, 0.4) is 0 Å². The molecule has 0 aliphatic carbocycles. The summed E-state index contributed by atoms with van der Waals surface area (Å²) < 4.78 is 0. The molecule has 328 valence electrons. The van der Waals surface area contributed by atoms with Crippen LogP contribution in [0.25, 0.3) is 0 Å². The maximum absolute atomic E-state index is 2.31. The van der Waals surface area contributed by atoms with Gasteiger partial charge in [-0.1, -0.05) is 160 Å². The maximum Gasteiger partial charge on any atom is 2.00 e. The third-order valence-corrected chi connectivity index (χ3v) is 21.3.